The molecule has 1 aromatic carbocycles. The van der Waals surface area contributed by atoms with E-state index in [0.717, 1.165) is 6.42 Å². The molecule has 2 heteroatoms. The van der Waals surface area contributed by atoms with Crippen LogP contribution in [0.5, 0.6) is 0 Å². The van der Waals surface area contributed by atoms with Crippen LogP contribution in [-0.2, 0) is 24.2 Å². The van der Waals surface area contributed by atoms with Gasteiger partial charge in [-0.1, -0.05) is 31.2 Å². The van der Waals surface area contributed by atoms with Crippen LogP contribution in [0.25, 0.3) is 0 Å². The lowest BCUT2D eigenvalue weighted by atomic mass is 9.98. The van der Waals surface area contributed by atoms with Gasteiger partial charge in [-0.2, -0.15) is 4.57 Å². The molecule has 0 aliphatic carbocycles. The molecular formula is C18H22NO+. The summed E-state index contributed by atoms with van der Waals surface area (Å²) >= 11 is 0. The fourth-order valence-corrected chi connectivity index (χ4v) is 2.56. The quantitative estimate of drug-likeness (QED) is 0.764. The number of nitrogens with zero attached hydrogens (tertiary/aromatic N) is 1. The number of pyridine rings is 1. The maximum absolute atomic E-state index is 12.3. The monoisotopic (exact) mass is 268 g/mol. The summed E-state index contributed by atoms with van der Waals surface area (Å²) in [5.74, 6) is 0.258. The number of ketones is 1. The van der Waals surface area contributed by atoms with Crippen molar-refractivity contribution in [3.63, 3.8) is 0 Å². The lowest BCUT2D eigenvalue weighted by molar-refractivity contribution is -0.691. The fraction of sp³-hybridized carbons (Fsp3) is 0.333. The molecule has 0 saturated heterocycles. The Hall–Kier alpha value is -1.96. The molecular weight excluding hydrogens is 246 g/mol. The molecule has 0 unspecified atom stereocenters. The van der Waals surface area contributed by atoms with Gasteiger partial charge in [0.25, 0.3) is 0 Å². The molecule has 0 amide bonds. The van der Waals surface area contributed by atoms with Crippen molar-refractivity contribution in [1.29, 1.82) is 0 Å². The molecule has 0 aliphatic rings. The summed E-state index contributed by atoms with van der Waals surface area (Å²) < 4.78 is 2.05. The first-order valence-electron chi connectivity index (χ1n) is 7.16. The molecule has 20 heavy (non-hydrogen) atoms. The number of hydrogen-bond donors (Lipinski definition) is 0. The summed E-state index contributed by atoms with van der Waals surface area (Å²) in [5.41, 5.74) is 4.77. The van der Waals surface area contributed by atoms with Crippen LogP contribution in [0, 0.1) is 13.8 Å². The predicted octanol–water partition coefficient (Wildman–Crippen LogP) is 2.97. The SMILES string of the molecule is CCc1cccc[n+]1CC(=O)Cc1c(C)cccc1C. The zero-order valence-electron chi connectivity index (χ0n) is 12.5. The number of rotatable bonds is 5. The molecule has 0 saturated carbocycles. The van der Waals surface area contributed by atoms with Crippen LogP contribution in [0.3, 0.4) is 0 Å². The molecule has 0 spiro atoms. The van der Waals surface area contributed by atoms with Crippen molar-refractivity contribution in [2.24, 2.45) is 0 Å². The fourth-order valence-electron chi connectivity index (χ4n) is 2.56. The second-order valence-corrected chi connectivity index (χ2v) is 5.26. The van der Waals surface area contributed by atoms with Crippen LogP contribution in [0.4, 0.5) is 0 Å². The largest absolute Gasteiger partial charge is 0.292 e. The highest BCUT2D eigenvalue weighted by Crippen LogP contribution is 2.14. The van der Waals surface area contributed by atoms with Crippen LogP contribution >= 0.6 is 0 Å². The molecule has 0 fully saturated rings. The van der Waals surface area contributed by atoms with E-state index in [-0.39, 0.29) is 5.78 Å². The van der Waals surface area contributed by atoms with Gasteiger partial charge in [-0.25, -0.2) is 0 Å². The van der Waals surface area contributed by atoms with Crippen molar-refractivity contribution in [2.45, 2.75) is 40.2 Å². The van der Waals surface area contributed by atoms with Gasteiger partial charge in [0.2, 0.25) is 12.3 Å². The molecule has 1 aromatic heterocycles. The third-order valence-electron chi connectivity index (χ3n) is 3.76. The number of aromatic nitrogens is 1. The molecule has 2 aromatic rings. The van der Waals surface area contributed by atoms with Gasteiger partial charge in [0.05, 0.1) is 0 Å². The van der Waals surface area contributed by atoms with Crippen molar-refractivity contribution in [2.75, 3.05) is 0 Å². The zero-order chi connectivity index (χ0) is 14.5. The summed E-state index contributed by atoms with van der Waals surface area (Å²) in [7, 11) is 0. The molecule has 0 radical (unpaired) electrons. The Labute approximate surface area is 121 Å². The van der Waals surface area contributed by atoms with Crippen molar-refractivity contribution in [1.82, 2.24) is 0 Å². The van der Waals surface area contributed by atoms with Crippen molar-refractivity contribution in [3.05, 3.63) is 65.0 Å². The van der Waals surface area contributed by atoms with Crippen LogP contribution in [-0.4, -0.2) is 5.78 Å². The van der Waals surface area contributed by atoms with E-state index in [9.17, 15) is 4.79 Å². The maximum Gasteiger partial charge on any atom is 0.207 e. The molecule has 0 bridgehead atoms. The highest BCUT2D eigenvalue weighted by molar-refractivity contribution is 5.80. The standard InChI is InChI=1S/C18H22NO/c1-4-16-10-5-6-11-19(16)13-17(20)12-18-14(2)8-7-9-15(18)3/h5-11H,4,12-13H2,1-3H3/q+1. The average molecular weight is 268 g/mol. The lowest BCUT2D eigenvalue weighted by Crippen LogP contribution is -2.41. The van der Waals surface area contributed by atoms with Crippen molar-refractivity contribution in [3.8, 4) is 0 Å². The number of benzene rings is 1. The predicted molar refractivity (Wildman–Crippen MR) is 80.6 cm³/mol. The van der Waals surface area contributed by atoms with Crippen LogP contribution in [0.15, 0.2) is 42.6 Å². The number of carbonyl (C=O) groups excluding carboxylic acids is 1. The van der Waals surface area contributed by atoms with E-state index < -0.39 is 0 Å². The smallest absolute Gasteiger partial charge is 0.207 e. The summed E-state index contributed by atoms with van der Waals surface area (Å²) in [5, 5.41) is 0. The van der Waals surface area contributed by atoms with E-state index in [4.69, 9.17) is 0 Å². The summed E-state index contributed by atoms with van der Waals surface area (Å²) in [6, 6.07) is 12.3. The van der Waals surface area contributed by atoms with E-state index in [1.807, 2.05) is 24.4 Å². The normalized spacial score (nSPS) is 10.6. The van der Waals surface area contributed by atoms with E-state index in [0.29, 0.717) is 13.0 Å². The van der Waals surface area contributed by atoms with Gasteiger partial charge >= 0.3 is 0 Å². The summed E-state index contributed by atoms with van der Waals surface area (Å²) in [6.07, 6.45) is 3.45. The number of aryl methyl sites for hydroxylation is 3. The Morgan fingerprint density at radius 2 is 1.75 bits per heavy atom. The average Bonchev–Trinajstić information content (AvgIpc) is 2.44. The second kappa shape index (κ2) is 6.47. The molecule has 104 valence electrons. The molecule has 1 heterocycles. The van der Waals surface area contributed by atoms with Gasteiger partial charge in [0.1, 0.15) is 0 Å². The van der Waals surface area contributed by atoms with Gasteiger partial charge in [0, 0.05) is 25.0 Å². The van der Waals surface area contributed by atoms with Gasteiger partial charge < -0.3 is 0 Å². The van der Waals surface area contributed by atoms with E-state index >= 15 is 0 Å². The Kier molecular flexibility index (Phi) is 4.67. The third-order valence-corrected chi connectivity index (χ3v) is 3.76. The molecule has 0 atom stereocenters. The summed E-state index contributed by atoms with van der Waals surface area (Å²) in [4.78, 5) is 12.3. The minimum absolute atomic E-state index is 0.258. The minimum atomic E-state index is 0.258. The highest BCUT2D eigenvalue weighted by atomic mass is 16.1. The molecule has 2 rings (SSSR count). The first-order chi connectivity index (χ1) is 9.61. The Morgan fingerprint density at radius 3 is 2.40 bits per heavy atom. The molecule has 2 nitrogen and oxygen atoms in total. The lowest BCUT2D eigenvalue weighted by Gasteiger charge is -2.08. The number of carbonyl (C=O) groups is 1. The van der Waals surface area contributed by atoms with Crippen molar-refractivity contribution >= 4 is 5.78 Å². The maximum atomic E-state index is 12.3. The Morgan fingerprint density at radius 1 is 1.05 bits per heavy atom. The second-order valence-electron chi connectivity index (χ2n) is 5.26. The van der Waals surface area contributed by atoms with Crippen LogP contribution in [0.2, 0.25) is 0 Å². The van der Waals surface area contributed by atoms with E-state index in [1.54, 1.807) is 0 Å². The van der Waals surface area contributed by atoms with E-state index in [2.05, 4.69) is 43.5 Å². The molecule has 0 aliphatic heterocycles. The third kappa shape index (κ3) is 3.32. The van der Waals surface area contributed by atoms with Gasteiger partial charge in [-0.05, 0) is 30.5 Å². The number of hydrogen-bond acceptors (Lipinski definition) is 1. The highest BCUT2D eigenvalue weighted by Gasteiger charge is 2.15. The van der Waals surface area contributed by atoms with Crippen LogP contribution in [0.1, 0.15) is 29.3 Å². The zero-order valence-corrected chi connectivity index (χ0v) is 12.5. The van der Waals surface area contributed by atoms with Crippen LogP contribution < -0.4 is 4.57 Å². The summed E-state index contributed by atoms with van der Waals surface area (Å²) in [6.45, 7) is 6.71. The van der Waals surface area contributed by atoms with E-state index in [1.165, 1.54) is 22.4 Å². The van der Waals surface area contributed by atoms with Gasteiger partial charge in [-0.3, -0.25) is 4.79 Å². The Balaban J connectivity index is 2.13. The first-order valence-corrected chi connectivity index (χ1v) is 7.16. The van der Waals surface area contributed by atoms with Crippen molar-refractivity contribution < 1.29 is 9.36 Å². The topological polar surface area (TPSA) is 20.9 Å². The Bertz CT molecular complexity index is 596. The van der Waals surface area contributed by atoms with Gasteiger partial charge in [0.15, 0.2) is 11.9 Å². The first kappa shape index (κ1) is 14.4. The molecule has 0 N–H and O–H groups in total. The van der Waals surface area contributed by atoms with Gasteiger partial charge in [-0.15, -0.1) is 0 Å². The minimum Gasteiger partial charge on any atom is -0.292 e. The number of Topliss-reactive ketones (excluding diaryl/α,β-unsaturated/α-hetero) is 1.